The fourth-order valence-electron chi connectivity index (χ4n) is 10.0. The number of halogens is 3. The molecule has 5 saturated heterocycles. The SMILES string of the molecule is [C-]#[N+]c1ccc(N2CCC(C(=O)Nc3ccc(N4CC5(CCN(C[C@@H]6CCN(c7ccc8c(c7)C(=O)N(C7CCC(=O)NC7=O)C8=O)C6)CC5)C4)cn3)CC2)cc1C(F)(F)F. The summed E-state index contributed by atoms with van der Waals surface area (Å²) in [5.41, 5.74) is 1.78. The number of imide groups is 2. The quantitative estimate of drug-likeness (QED) is 0.226. The highest BCUT2D eigenvalue weighted by Crippen LogP contribution is 2.43. The van der Waals surface area contributed by atoms with E-state index in [1.54, 1.807) is 18.3 Å². The molecule has 0 bridgehead atoms. The molecule has 9 rings (SSSR count). The van der Waals surface area contributed by atoms with Crippen LogP contribution in [0.15, 0.2) is 54.7 Å². The third-order valence-corrected chi connectivity index (χ3v) is 13.6. The largest absolute Gasteiger partial charge is 0.407 e. The van der Waals surface area contributed by atoms with Crippen molar-refractivity contribution in [1.29, 1.82) is 0 Å². The molecule has 61 heavy (non-hydrogen) atoms. The van der Waals surface area contributed by atoms with Gasteiger partial charge in [0.15, 0.2) is 5.69 Å². The summed E-state index contributed by atoms with van der Waals surface area (Å²) in [6.07, 6.45) is 1.61. The summed E-state index contributed by atoms with van der Waals surface area (Å²) in [5, 5.41) is 5.16. The molecule has 0 aliphatic carbocycles. The van der Waals surface area contributed by atoms with E-state index in [2.05, 4.69) is 35.2 Å². The van der Waals surface area contributed by atoms with Crippen molar-refractivity contribution in [3.05, 3.63) is 82.8 Å². The van der Waals surface area contributed by atoms with Crippen molar-refractivity contribution >= 4 is 58.1 Å². The molecule has 6 aliphatic heterocycles. The van der Waals surface area contributed by atoms with Gasteiger partial charge in [-0.1, -0.05) is 6.07 Å². The molecule has 0 radical (unpaired) electrons. The second kappa shape index (κ2) is 15.8. The monoisotopic (exact) mass is 837 g/mol. The Hall–Kier alpha value is -6.02. The van der Waals surface area contributed by atoms with Crippen LogP contribution in [0.25, 0.3) is 4.85 Å². The van der Waals surface area contributed by atoms with Gasteiger partial charge in [0.1, 0.15) is 11.9 Å². The summed E-state index contributed by atoms with van der Waals surface area (Å²) in [7, 11) is 0. The van der Waals surface area contributed by atoms with E-state index >= 15 is 0 Å². The van der Waals surface area contributed by atoms with Gasteiger partial charge >= 0.3 is 6.18 Å². The topological polar surface area (TPSA) is 143 Å². The molecule has 2 N–H and O–H groups in total. The predicted molar refractivity (Wildman–Crippen MR) is 219 cm³/mol. The Morgan fingerprint density at radius 1 is 0.836 bits per heavy atom. The Kier molecular flexibility index (Phi) is 10.5. The van der Waals surface area contributed by atoms with Gasteiger partial charge in [0.2, 0.25) is 17.7 Å². The van der Waals surface area contributed by atoms with Crippen molar-refractivity contribution in [2.75, 3.05) is 78.9 Å². The van der Waals surface area contributed by atoms with Crippen molar-refractivity contribution in [1.82, 2.24) is 20.1 Å². The standard InChI is InChI=1S/C44H46F3N9O5/c1-48-35-6-3-30(21-34(35)44(45,46)47)53-16-11-28(12-17-53)39(58)50-37-8-4-31(22-49-37)55-25-43(26-55)13-18-52(19-14-43)23-27-10-15-54(24-27)29-2-5-32-33(20-29)42(61)56(41(32)60)36-7-9-38(57)51-40(36)59/h2-6,8,20-22,27-28,36H,7,9-19,23-26H2,(H,49,50,58)(H,51,57,59)/t27-,36?/m0/s1. The van der Waals surface area contributed by atoms with E-state index in [0.29, 0.717) is 48.9 Å². The number of aromatic nitrogens is 1. The molecule has 7 heterocycles. The van der Waals surface area contributed by atoms with Gasteiger partial charge in [-0.15, -0.1) is 0 Å². The van der Waals surface area contributed by atoms with Crippen LogP contribution in [0, 0.1) is 23.8 Å². The number of carbonyl (C=O) groups is 5. The van der Waals surface area contributed by atoms with E-state index in [1.807, 2.05) is 23.1 Å². The fraction of sp³-hybridized carbons (Fsp3) is 0.477. The lowest BCUT2D eigenvalue weighted by molar-refractivity contribution is -0.137. The van der Waals surface area contributed by atoms with E-state index < -0.39 is 47.1 Å². The molecule has 2 aromatic carbocycles. The van der Waals surface area contributed by atoms with Crippen molar-refractivity contribution < 1.29 is 37.1 Å². The lowest BCUT2D eigenvalue weighted by Crippen LogP contribution is -2.60. The number of nitrogens with zero attached hydrogens (tertiary/aromatic N) is 7. The first kappa shape index (κ1) is 40.4. The Labute approximate surface area is 350 Å². The summed E-state index contributed by atoms with van der Waals surface area (Å²) < 4.78 is 40.5. The first-order chi connectivity index (χ1) is 29.3. The van der Waals surface area contributed by atoms with Crippen molar-refractivity contribution in [2.45, 2.75) is 57.2 Å². The van der Waals surface area contributed by atoms with Crippen LogP contribution in [0.4, 0.5) is 41.7 Å². The molecule has 3 aromatic rings. The minimum atomic E-state index is -4.62. The fourth-order valence-corrected chi connectivity index (χ4v) is 10.0. The highest BCUT2D eigenvalue weighted by Gasteiger charge is 2.47. The smallest absolute Gasteiger partial charge is 0.372 e. The minimum Gasteiger partial charge on any atom is -0.372 e. The van der Waals surface area contributed by atoms with Crippen molar-refractivity contribution in [2.24, 2.45) is 17.3 Å². The number of nitrogens with one attached hydrogen (secondary N) is 2. The highest BCUT2D eigenvalue weighted by atomic mass is 19.4. The number of amides is 5. The molecule has 0 saturated carbocycles. The van der Waals surface area contributed by atoms with Crippen LogP contribution >= 0.6 is 0 Å². The zero-order valence-electron chi connectivity index (χ0n) is 33.5. The molecule has 2 atom stereocenters. The zero-order chi connectivity index (χ0) is 42.6. The third-order valence-electron chi connectivity index (χ3n) is 13.6. The molecule has 17 heteroatoms. The number of fused-ring (bicyclic) bond motifs is 1. The summed E-state index contributed by atoms with van der Waals surface area (Å²) in [4.78, 5) is 81.2. The summed E-state index contributed by atoms with van der Waals surface area (Å²) in [6.45, 7) is 14.6. The van der Waals surface area contributed by atoms with Gasteiger partial charge in [0.25, 0.3) is 11.8 Å². The molecule has 1 unspecified atom stereocenters. The average Bonchev–Trinajstić information content (AvgIpc) is 3.81. The summed E-state index contributed by atoms with van der Waals surface area (Å²) >= 11 is 0. The zero-order valence-corrected chi connectivity index (χ0v) is 33.5. The number of rotatable bonds is 8. The van der Waals surface area contributed by atoms with E-state index in [4.69, 9.17) is 6.57 Å². The molecule has 1 aromatic heterocycles. The molecule has 14 nitrogen and oxygen atoms in total. The van der Waals surface area contributed by atoms with E-state index in [1.165, 1.54) is 12.1 Å². The maximum absolute atomic E-state index is 13.5. The molecular formula is C44H46F3N9O5. The molecule has 318 valence electrons. The summed E-state index contributed by atoms with van der Waals surface area (Å²) in [5.74, 6) is -1.52. The second-order valence-corrected chi connectivity index (χ2v) is 17.4. The van der Waals surface area contributed by atoms with E-state index in [-0.39, 0.29) is 35.6 Å². The highest BCUT2D eigenvalue weighted by molar-refractivity contribution is 6.23. The number of carbonyl (C=O) groups excluding carboxylic acids is 5. The van der Waals surface area contributed by atoms with Crippen LogP contribution < -0.4 is 25.3 Å². The molecule has 1 spiro atoms. The van der Waals surface area contributed by atoms with Gasteiger partial charge in [-0.2, -0.15) is 13.2 Å². The second-order valence-electron chi connectivity index (χ2n) is 17.4. The predicted octanol–water partition coefficient (Wildman–Crippen LogP) is 5.34. The van der Waals surface area contributed by atoms with Gasteiger partial charge in [0, 0.05) is 74.9 Å². The minimum absolute atomic E-state index is 0.0822. The number of likely N-dealkylation sites (tertiary alicyclic amines) is 1. The number of benzene rings is 2. The van der Waals surface area contributed by atoms with Crippen LogP contribution in [0.1, 0.15) is 71.2 Å². The van der Waals surface area contributed by atoms with Crippen molar-refractivity contribution in [3.63, 3.8) is 0 Å². The molecule has 5 fully saturated rings. The first-order valence-corrected chi connectivity index (χ1v) is 21.0. The Morgan fingerprint density at radius 2 is 1.52 bits per heavy atom. The van der Waals surface area contributed by atoms with Gasteiger partial charge in [-0.05, 0) is 100.0 Å². The van der Waals surface area contributed by atoms with Gasteiger partial charge in [0.05, 0.1) is 35.1 Å². The molecule has 6 aliphatic rings. The first-order valence-electron chi connectivity index (χ1n) is 21.0. The van der Waals surface area contributed by atoms with Gasteiger partial charge in [-0.3, -0.25) is 34.2 Å². The van der Waals surface area contributed by atoms with Gasteiger partial charge in [-0.25, -0.2) is 9.83 Å². The number of hydrogen-bond donors (Lipinski definition) is 2. The van der Waals surface area contributed by atoms with Crippen LogP contribution in [-0.4, -0.2) is 109 Å². The van der Waals surface area contributed by atoms with E-state index in [9.17, 15) is 37.1 Å². The molecule has 5 amide bonds. The third kappa shape index (κ3) is 7.89. The van der Waals surface area contributed by atoms with Crippen LogP contribution in [0.5, 0.6) is 0 Å². The number of piperidine rings is 3. The Morgan fingerprint density at radius 3 is 2.21 bits per heavy atom. The lowest BCUT2D eigenvalue weighted by Gasteiger charge is -2.55. The van der Waals surface area contributed by atoms with Crippen LogP contribution in [-0.2, 0) is 20.6 Å². The Balaban J connectivity index is 0.705. The van der Waals surface area contributed by atoms with Crippen LogP contribution in [0.3, 0.4) is 0 Å². The maximum Gasteiger partial charge on any atom is 0.407 e. The number of hydrogen-bond acceptors (Lipinski definition) is 10. The number of pyridine rings is 1. The summed E-state index contributed by atoms with van der Waals surface area (Å²) in [6, 6.07) is 11.9. The van der Waals surface area contributed by atoms with E-state index in [0.717, 1.165) is 87.4 Å². The number of anilines is 4. The molecular weight excluding hydrogens is 792 g/mol. The normalized spacial score (nSPS) is 23.2. The maximum atomic E-state index is 13.5. The number of alkyl halides is 3. The van der Waals surface area contributed by atoms with Crippen molar-refractivity contribution in [3.8, 4) is 0 Å². The average molecular weight is 838 g/mol. The van der Waals surface area contributed by atoms with Crippen LogP contribution in [0.2, 0.25) is 0 Å². The lowest BCUT2D eigenvalue weighted by atomic mass is 9.71. The van der Waals surface area contributed by atoms with Gasteiger partial charge < -0.3 is 24.9 Å². The Bertz CT molecular complexity index is 2310.